The van der Waals surface area contributed by atoms with Gasteiger partial charge >= 0.3 is 12.1 Å². The number of anilines is 1. The second-order valence-electron chi connectivity index (χ2n) is 8.05. The van der Waals surface area contributed by atoms with Gasteiger partial charge in [0.2, 0.25) is 0 Å². The van der Waals surface area contributed by atoms with E-state index in [-0.39, 0.29) is 0 Å². The van der Waals surface area contributed by atoms with Gasteiger partial charge in [-0.2, -0.15) is 5.10 Å². The third-order valence-electron chi connectivity index (χ3n) is 5.74. The van der Waals surface area contributed by atoms with Crippen molar-refractivity contribution in [1.82, 2.24) is 14.8 Å². The lowest BCUT2D eigenvalue weighted by molar-refractivity contribution is -0.139. The van der Waals surface area contributed by atoms with Gasteiger partial charge in [0.1, 0.15) is 22.2 Å². The standard InChI is InChI=1S/C24H20N4O4S2/c1-14(15-6-4-3-5-7-15)32-23(31)27-20-16(13-25-28(20)2)8-9-19-26-21-17(33-19)12-18(34-21)24(10-11-24)22(29)30/h3-7,12-14H,10-11H2,1-2H3,(H,27,31)(H,29,30)/t14-/m1/s1. The van der Waals surface area contributed by atoms with Gasteiger partial charge in [0.15, 0.2) is 5.01 Å². The summed E-state index contributed by atoms with van der Waals surface area (Å²) >= 11 is 2.84. The molecule has 0 bridgehead atoms. The molecule has 34 heavy (non-hydrogen) atoms. The van der Waals surface area contributed by atoms with Gasteiger partial charge in [-0.3, -0.25) is 14.8 Å². The van der Waals surface area contributed by atoms with Crippen LogP contribution in [-0.2, 0) is 22.0 Å². The summed E-state index contributed by atoms with van der Waals surface area (Å²) in [6, 6.07) is 11.4. The predicted octanol–water partition coefficient (Wildman–Crippen LogP) is 4.92. The summed E-state index contributed by atoms with van der Waals surface area (Å²) in [6.07, 6.45) is 1.91. The van der Waals surface area contributed by atoms with Crippen molar-refractivity contribution in [1.29, 1.82) is 0 Å². The fourth-order valence-corrected chi connectivity index (χ4v) is 5.90. The lowest BCUT2D eigenvalue weighted by Crippen LogP contribution is -2.18. The first-order valence-corrected chi connectivity index (χ1v) is 12.2. The van der Waals surface area contributed by atoms with Crippen molar-refractivity contribution in [2.24, 2.45) is 7.05 Å². The molecule has 172 valence electrons. The van der Waals surface area contributed by atoms with E-state index in [1.807, 2.05) is 36.4 Å². The number of carboxylic acids is 1. The van der Waals surface area contributed by atoms with Gasteiger partial charge in [-0.25, -0.2) is 9.78 Å². The molecule has 1 amide bonds. The molecule has 0 saturated heterocycles. The third kappa shape index (κ3) is 4.16. The third-order valence-corrected chi connectivity index (χ3v) is 8.02. The smallest absolute Gasteiger partial charge is 0.413 e. The van der Waals surface area contributed by atoms with E-state index < -0.39 is 23.6 Å². The maximum Gasteiger partial charge on any atom is 0.413 e. The van der Waals surface area contributed by atoms with E-state index >= 15 is 0 Å². The van der Waals surface area contributed by atoms with Gasteiger partial charge in [-0.05, 0) is 37.3 Å². The number of thiophene rings is 1. The van der Waals surface area contributed by atoms with Gasteiger partial charge < -0.3 is 9.84 Å². The highest BCUT2D eigenvalue weighted by atomic mass is 32.1. The number of aryl methyl sites for hydroxylation is 1. The molecule has 1 atom stereocenters. The second-order valence-corrected chi connectivity index (χ2v) is 10.1. The lowest BCUT2D eigenvalue weighted by Gasteiger charge is -2.14. The molecule has 0 spiro atoms. The van der Waals surface area contributed by atoms with Crippen LogP contribution in [0.4, 0.5) is 10.6 Å². The van der Waals surface area contributed by atoms with Crippen LogP contribution in [0.3, 0.4) is 0 Å². The van der Waals surface area contributed by atoms with E-state index in [0.717, 1.165) is 20.0 Å². The first-order chi connectivity index (χ1) is 16.4. The van der Waals surface area contributed by atoms with Crippen LogP contribution in [0.2, 0.25) is 0 Å². The number of carboxylic acid groups (broad SMARTS) is 1. The summed E-state index contributed by atoms with van der Waals surface area (Å²) in [4.78, 5) is 30.2. The fourth-order valence-electron chi connectivity index (χ4n) is 3.59. The van der Waals surface area contributed by atoms with E-state index in [9.17, 15) is 14.7 Å². The molecule has 2 N–H and O–H groups in total. The number of nitrogens with one attached hydrogen (secondary N) is 1. The highest BCUT2D eigenvalue weighted by molar-refractivity contribution is 7.27. The summed E-state index contributed by atoms with van der Waals surface area (Å²) in [5, 5.41) is 17.0. The number of hydrogen-bond donors (Lipinski definition) is 2. The predicted molar refractivity (Wildman–Crippen MR) is 130 cm³/mol. The van der Waals surface area contributed by atoms with E-state index in [1.165, 1.54) is 27.4 Å². The average Bonchev–Trinajstić information content (AvgIpc) is 3.26. The van der Waals surface area contributed by atoms with Crippen LogP contribution >= 0.6 is 22.7 Å². The number of carbonyl (C=O) groups is 2. The van der Waals surface area contributed by atoms with Crippen molar-refractivity contribution < 1.29 is 19.4 Å². The van der Waals surface area contributed by atoms with Crippen LogP contribution < -0.4 is 5.32 Å². The number of thiazole rings is 1. The minimum Gasteiger partial charge on any atom is -0.481 e. The number of nitrogens with zero attached hydrogens (tertiary/aromatic N) is 3. The largest absolute Gasteiger partial charge is 0.481 e. The topological polar surface area (TPSA) is 106 Å². The highest BCUT2D eigenvalue weighted by Gasteiger charge is 2.53. The van der Waals surface area contributed by atoms with Crippen LogP contribution in [-0.4, -0.2) is 31.9 Å². The molecule has 1 fully saturated rings. The Kier molecular flexibility index (Phi) is 5.59. The summed E-state index contributed by atoms with van der Waals surface area (Å²) in [7, 11) is 1.71. The molecule has 1 aliphatic rings. The zero-order chi connectivity index (χ0) is 23.9. The van der Waals surface area contributed by atoms with Crippen molar-refractivity contribution in [2.75, 3.05) is 5.32 Å². The minimum absolute atomic E-state index is 0.409. The zero-order valence-corrected chi connectivity index (χ0v) is 20.0. The first-order valence-electron chi connectivity index (χ1n) is 10.6. The van der Waals surface area contributed by atoms with Gasteiger partial charge in [-0.15, -0.1) is 22.7 Å². The Labute approximate surface area is 203 Å². The molecule has 0 radical (unpaired) electrons. The number of fused-ring (bicyclic) bond motifs is 1. The van der Waals surface area contributed by atoms with Gasteiger partial charge in [0, 0.05) is 11.9 Å². The van der Waals surface area contributed by atoms with Gasteiger partial charge in [0.25, 0.3) is 0 Å². The number of amides is 1. The van der Waals surface area contributed by atoms with Crippen molar-refractivity contribution in [3.05, 3.63) is 63.6 Å². The van der Waals surface area contributed by atoms with Gasteiger partial charge in [-0.1, -0.05) is 36.3 Å². The fraction of sp³-hybridized carbons (Fsp3) is 0.250. The Bertz CT molecular complexity index is 1420. The lowest BCUT2D eigenvalue weighted by atomic mass is 10.1. The molecule has 5 rings (SSSR count). The van der Waals surface area contributed by atoms with Crippen LogP contribution in [0.1, 0.15) is 46.9 Å². The Hall–Kier alpha value is -3.68. The Morgan fingerprint density at radius 3 is 2.68 bits per heavy atom. The molecule has 1 saturated carbocycles. The van der Waals surface area contributed by atoms with Crippen LogP contribution in [0.25, 0.3) is 9.53 Å². The molecule has 1 aromatic carbocycles. The van der Waals surface area contributed by atoms with Crippen molar-refractivity contribution >= 4 is 50.1 Å². The first kappa shape index (κ1) is 22.1. The summed E-state index contributed by atoms with van der Waals surface area (Å²) in [5.74, 6) is 5.71. The monoisotopic (exact) mass is 492 g/mol. The normalized spacial score (nSPS) is 14.8. The van der Waals surface area contributed by atoms with Crippen molar-refractivity contribution in [3.63, 3.8) is 0 Å². The average molecular weight is 493 g/mol. The maximum absolute atomic E-state index is 12.4. The molecular formula is C24H20N4O4S2. The molecule has 4 aromatic rings. The molecule has 10 heteroatoms. The number of aliphatic carboxylic acids is 1. The number of hydrogen-bond acceptors (Lipinski definition) is 7. The van der Waals surface area contributed by atoms with Crippen molar-refractivity contribution in [2.45, 2.75) is 31.3 Å². The number of aromatic nitrogens is 3. The number of carbonyl (C=O) groups excluding carboxylic acids is 1. The molecular weight excluding hydrogens is 472 g/mol. The van der Waals surface area contributed by atoms with E-state index in [0.29, 0.717) is 29.2 Å². The van der Waals surface area contributed by atoms with E-state index in [4.69, 9.17) is 4.74 Å². The molecule has 3 aromatic heterocycles. The highest BCUT2D eigenvalue weighted by Crippen LogP contribution is 2.52. The second kappa shape index (κ2) is 8.59. The minimum atomic E-state index is -0.769. The maximum atomic E-state index is 12.4. The van der Waals surface area contributed by atoms with Crippen LogP contribution in [0.15, 0.2) is 42.6 Å². The Morgan fingerprint density at radius 1 is 1.24 bits per heavy atom. The molecule has 0 aliphatic heterocycles. The molecule has 8 nitrogen and oxygen atoms in total. The molecule has 0 unspecified atom stereocenters. The molecule has 3 heterocycles. The quantitative estimate of drug-likeness (QED) is 0.383. The SMILES string of the molecule is C[C@@H](OC(=O)Nc1c(C#Cc2nc3sc(C4(C(=O)O)CC4)cc3s2)cnn1C)c1ccccc1. The summed E-state index contributed by atoms with van der Waals surface area (Å²) in [6.45, 7) is 1.81. The summed E-state index contributed by atoms with van der Waals surface area (Å²) < 4.78 is 7.93. The van der Waals surface area contributed by atoms with Crippen LogP contribution in [0, 0.1) is 11.8 Å². The Balaban J connectivity index is 1.30. The number of benzene rings is 1. The van der Waals surface area contributed by atoms with Gasteiger partial charge in [0.05, 0.1) is 16.5 Å². The van der Waals surface area contributed by atoms with E-state index in [2.05, 4.69) is 27.2 Å². The van der Waals surface area contributed by atoms with Crippen LogP contribution in [0.5, 0.6) is 0 Å². The van der Waals surface area contributed by atoms with E-state index in [1.54, 1.807) is 20.2 Å². The number of rotatable bonds is 5. The number of ether oxygens (including phenoxy) is 1. The van der Waals surface area contributed by atoms with Crippen molar-refractivity contribution in [3.8, 4) is 11.8 Å². The molecule has 1 aliphatic carbocycles. The summed E-state index contributed by atoms with van der Waals surface area (Å²) in [5.41, 5.74) is 0.708. The Morgan fingerprint density at radius 2 is 2.00 bits per heavy atom. The zero-order valence-electron chi connectivity index (χ0n) is 18.4.